The van der Waals surface area contributed by atoms with Gasteiger partial charge in [0.15, 0.2) is 0 Å². The van der Waals surface area contributed by atoms with Crippen molar-refractivity contribution in [2.24, 2.45) is 5.92 Å². The van der Waals surface area contributed by atoms with E-state index in [2.05, 4.69) is 17.2 Å². The van der Waals surface area contributed by atoms with Crippen molar-refractivity contribution in [2.75, 3.05) is 0 Å². The quantitative estimate of drug-likeness (QED) is 0.865. The predicted molar refractivity (Wildman–Crippen MR) is 80.7 cm³/mol. The van der Waals surface area contributed by atoms with Crippen LogP contribution in [-0.2, 0) is 6.54 Å². The minimum Gasteiger partial charge on any atom is -0.474 e. The summed E-state index contributed by atoms with van der Waals surface area (Å²) in [5, 5.41) is 3.42. The average Bonchev–Trinajstić information content (AvgIpc) is 3.32. The van der Waals surface area contributed by atoms with E-state index < -0.39 is 0 Å². The molecule has 21 heavy (non-hydrogen) atoms. The zero-order valence-corrected chi connectivity index (χ0v) is 12.8. The van der Waals surface area contributed by atoms with Gasteiger partial charge in [0.1, 0.15) is 11.9 Å². The third kappa shape index (κ3) is 3.94. The molecule has 0 aromatic carbocycles. The van der Waals surface area contributed by atoms with Gasteiger partial charge in [-0.15, -0.1) is 0 Å². The van der Waals surface area contributed by atoms with Crippen LogP contribution in [0.2, 0.25) is 0 Å². The molecule has 2 unspecified atom stereocenters. The Morgan fingerprint density at radius 2 is 2.10 bits per heavy atom. The SMILES string of the molecule is CCC1CCCCC1Oc1ncc(F)cc1CNC1CC1. The summed E-state index contributed by atoms with van der Waals surface area (Å²) >= 11 is 0. The molecule has 4 heteroatoms. The number of hydrogen-bond donors (Lipinski definition) is 1. The maximum absolute atomic E-state index is 13.5. The third-order valence-electron chi connectivity index (χ3n) is 4.68. The summed E-state index contributed by atoms with van der Waals surface area (Å²) in [5.41, 5.74) is 0.849. The van der Waals surface area contributed by atoms with Gasteiger partial charge in [-0.05, 0) is 50.5 Å². The van der Waals surface area contributed by atoms with Crippen LogP contribution >= 0.6 is 0 Å². The Labute approximate surface area is 126 Å². The lowest BCUT2D eigenvalue weighted by Crippen LogP contribution is -2.31. The first kappa shape index (κ1) is 14.8. The maximum Gasteiger partial charge on any atom is 0.218 e. The Morgan fingerprint density at radius 3 is 2.86 bits per heavy atom. The lowest BCUT2D eigenvalue weighted by atomic mass is 9.85. The summed E-state index contributed by atoms with van der Waals surface area (Å²) in [6.07, 6.45) is 9.93. The van der Waals surface area contributed by atoms with E-state index in [0.717, 1.165) is 18.4 Å². The molecule has 0 aliphatic heterocycles. The molecule has 1 aromatic heterocycles. The summed E-state index contributed by atoms with van der Waals surface area (Å²) in [7, 11) is 0. The normalized spacial score (nSPS) is 25.8. The summed E-state index contributed by atoms with van der Waals surface area (Å²) < 4.78 is 19.6. The molecule has 0 amide bonds. The Kier molecular flexibility index (Phi) is 4.73. The highest BCUT2D eigenvalue weighted by Crippen LogP contribution is 2.31. The van der Waals surface area contributed by atoms with Crippen LogP contribution in [0.1, 0.15) is 57.4 Å². The first-order valence-electron chi connectivity index (χ1n) is 8.30. The van der Waals surface area contributed by atoms with Crippen molar-refractivity contribution >= 4 is 0 Å². The van der Waals surface area contributed by atoms with Crippen LogP contribution in [-0.4, -0.2) is 17.1 Å². The summed E-state index contributed by atoms with van der Waals surface area (Å²) in [6, 6.07) is 2.15. The average molecular weight is 292 g/mol. The van der Waals surface area contributed by atoms with Crippen LogP contribution in [0.3, 0.4) is 0 Å². The Bertz CT molecular complexity index is 476. The van der Waals surface area contributed by atoms with E-state index in [1.165, 1.54) is 38.3 Å². The topological polar surface area (TPSA) is 34.1 Å². The van der Waals surface area contributed by atoms with Gasteiger partial charge in [0, 0.05) is 18.2 Å². The van der Waals surface area contributed by atoms with Crippen molar-refractivity contribution in [3.8, 4) is 5.88 Å². The van der Waals surface area contributed by atoms with Gasteiger partial charge in [-0.2, -0.15) is 0 Å². The first-order valence-corrected chi connectivity index (χ1v) is 8.30. The predicted octanol–water partition coefficient (Wildman–Crippen LogP) is 3.82. The minimum atomic E-state index is -0.286. The van der Waals surface area contributed by atoms with Crippen molar-refractivity contribution < 1.29 is 9.13 Å². The monoisotopic (exact) mass is 292 g/mol. The molecular weight excluding hydrogens is 267 g/mol. The van der Waals surface area contributed by atoms with Crippen LogP contribution in [0, 0.1) is 11.7 Å². The number of rotatable bonds is 6. The van der Waals surface area contributed by atoms with E-state index >= 15 is 0 Å². The smallest absolute Gasteiger partial charge is 0.218 e. The molecule has 2 aliphatic rings. The molecule has 0 spiro atoms. The molecular formula is C17H25FN2O. The van der Waals surface area contributed by atoms with E-state index in [1.807, 2.05) is 0 Å². The van der Waals surface area contributed by atoms with E-state index in [9.17, 15) is 4.39 Å². The second kappa shape index (κ2) is 6.73. The number of nitrogens with zero attached hydrogens (tertiary/aromatic N) is 1. The molecule has 2 atom stereocenters. The number of halogens is 1. The lowest BCUT2D eigenvalue weighted by Gasteiger charge is -2.31. The Hall–Kier alpha value is -1.16. The van der Waals surface area contributed by atoms with Crippen molar-refractivity contribution in [3.05, 3.63) is 23.6 Å². The van der Waals surface area contributed by atoms with Gasteiger partial charge in [-0.25, -0.2) is 9.37 Å². The van der Waals surface area contributed by atoms with Crippen LogP contribution < -0.4 is 10.1 Å². The fraction of sp³-hybridized carbons (Fsp3) is 0.706. The fourth-order valence-electron chi connectivity index (χ4n) is 3.18. The molecule has 1 heterocycles. The Balaban J connectivity index is 1.70. The number of nitrogens with one attached hydrogen (secondary N) is 1. The van der Waals surface area contributed by atoms with Gasteiger partial charge in [-0.3, -0.25) is 0 Å². The lowest BCUT2D eigenvalue weighted by molar-refractivity contribution is 0.0844. The van der Waals surface area contributed by atoms with E-state index in [0.29, 0.717) is 24.4 Å². The molecule has 116 valence electrons. The number of aromatic nitrogens is 1. The Morgan fingerprint density at radius 1 is 1.29 bits per heavy atom. The highest BCUT2D eigenvalue weighted by Gasteiger charge is 2.27. The van der Waals surface area contributed by atoms with Gasteiger partial charge >= 0.3 is 0 Å². The highest BCUT2D eigenvalue weighted by atomic mass is 19.1. The van der Waals surface area contributed by atoms with Crippen LogP contribution in [0.4, 0.5) is 4.39 Å². The van der Waals surface area contributed by atoms with E-state index in [1.54, 1.807) is 6.07 Å². The fourth-order valence-corrected chi connectivity index (χ4v) is 3.18. The second-order valence-electron chi connectivity index (χ2n) is 6.38. The zero-order valence-electron chi connectivity index (χ0n) is 12.8. The standard InChI is InChI=1S/C17H25FN2O/c1-2-12-5-3-4-6-16(12)21-17-13(9-14(18)11-20-17)10-19-15-7-8-15/h9,11-12,15-16,19H,2-8,10H2,1H3. The van der Waals surface area contributed by atoms with E-state index in [4.69, 9.17) is 4.74 Å². The second-order valence-corrected chi connectivity index (χ2v) is 6.38. The molecule has 0 saturated heterocycles. The third-order valence-corrected chi connectivity index (χ3v) is 4.68. The van der Waals surface area contributed by atoms with Crippen LogP contribution in [0.5, 0.6) is 5.88 Å². The maximum atomic E-state index is 13.5. The van der Waals surface area contributed by atoms with Gasteiger partial charge in [0.2, 0.25) is 5.88 Å². The molecule has 1 aromatic rings. The molecule has 2 saturated carbocycles. The van der Waals surface area contributed by atoms with Crippen LogP contribution in [0.15, 0.2) is 12.3 Å². The highest BCUT2D eigenvalue weighted by molar-refractivity contribution is 5.26. The van der Waals surface area contributed by atoms with Gasteiger partial charge in [0.05, 0.1) is 6.20 Å². The molecule has 2 aliphatic carbocycles. The minimum absolute atomic E-state index is 0.237. The van der Waals surface area contributed by atoms with Crippen molar-refractivity contribution in [1.82, 2.24) is 10.3 Å². The largest absolute Gasteiger partial charge is 0.474 e. The summed E-state index contributed by atoms with van der Waals surface area (Å²) in [5.74, 6) is 0.940. The molecule has 2 fully saturated rings. The van der Waals surface area contributed by atoms with Gasteiger partial charge in [0.25, 0.3) is 0 Å². The van der Waals surface area contributed by atoms with Crippen LogP contribution in [0.25, 0.3) is 0 Å². The van der Waals surface area contributed by atoms with E-state index in [-0.39, 0.29) is 11.9 Å². The number of ether oxygens (including phenoxy) is 1. The van der Waals surface area contributed by atoms with Crippen molar-refractivity contribution in [2.45, 2.75) is 70.6 Å². The van der Waals surface area contributed by atoms with Gasteiger partial charge in [-0.1, -0.05) is 13.3 Å². The molecule has 0 radical (unpaired) electrons. The number of hydrogen-bond acceptors (Lipinski definition) is 3. The summed E-state index contributed by atoms with van der Waals surface area (Å²) in [6.45, 7) is 2.87. The zero-order chi connectivity index (χ0) is 14.7. The van der Waals surface area contributed by atoms with Crippen molar-refractivity contribution in [3.63, 3.8) is 0 Å². The molecule has 3 nitrogen and oxygen atoms in total. The number of pyridine rings is 1. The first-order chi connectivity index (χ1) is 10.3. The molecule has 0 bridgehead atoms. The molecule has 3 rings (SSSR count). The summed E-state index contributed by atoms with van der Waals surface area (Å²) in [4.78, 5) is 4.20. The van der Waals surface area contributed by atoms with Gasteiger partial charge < -0.3 is 10.1 Å². The molecule has 1 N–H and O–H groups in total. The van der Waals surface area contributed by atoms with Crippen molar-refractivity contribution in [1.29, 1.82) is 0 Å².